The summed E-state index contributed by atoms with van der Waals surface area (Å²) in [7, 11) is 0. The molecule has 4 rings (SSSR count). The smallest absolute Gasteiger partial charge is 0.226 e. The van der Waals surface area contributed by atoms with Crippen LogP contribution in [0.5, 0.6) is 0 Å². The summed E-state index contributed by atoms with van der Waals surface area (Å²) in [6.07, 6.45) is 2.45. The third kappa shape index (κ3) is 3.08. The van der Waals surface area contributed by atoms with Crippen molar-refractivity contribution in [3.05, 3.63) is 53.4 Å². The molecule has 1 aromatic heterocycles. The predicted molar refractivity (Wildman–Crippen MR) is 93.1 cm³/mol. The summed E-state index contributed by atoms with van der Waals surface area (Å²) in [6.45, 7) is 3.03. The molecule has 124 valence electrons. The Kier molecular flexibility index (Phi) is 4.10. The van der Waals surface area contributed by atoms with Gasteiger partial charge in [0.1, 0.15) is 17.3 Å². The number of anilines is 1. The monoisotopic (exact) mass is 342 g/mol. The first-order valence-electron chi connectivity index (χ1n) is 8.28. The van der Waals surface area contributed by atoms with Gasteiger partial charge in [0.15, 0.2) is 0 Å². The predicted octanol–water partition coefficient (Wildman–Crippen LogP) is 2.58. The van der Waals surface area contributed by atoms with Gasteiger partial charge in [-0.15, -0.1) is 0 Å². The Morgan fingerprint density at radius 1 is 1.08 bits per heavy atom. The number of carbonyl (C=O) groups is 1. The molecular formula is C18H19ClN4O. The van der Waals surface area contributed by atoms with Gasteiger partial charge in [-0.1, -0.05) is 41.9 Å². The average Bonchev–Trinajstić information content (AvgIpc) is 3.43. The number of hydrogen-bond acceptors (Lipinski definition) is 4. The van der Waals surface area contributed by atoms with E-state index in [1.54, 1.807) is 6.07 Å². The molecule has 6 heteroatoms. The molecular weight excluding hydrogens is 324 g/mol. The van der Waals surface area contributed by atoms with Crippen LogP contribution in [0.3, 0.4) is 0 Å². The second-order valence-electron chi connectivity index (χ2n) is 6.37. The summed E-state index contributed by atoms with van der Waals surface area (Å²) < 4.78 is 0. The van der Waals surface area contributed by atoms with Crippen molar-refractivity contribution in [2.45, 2.75) is 12.3 Å². The minimum absolute atomic E-state index is 0.160. The number of piperazine rings is 1. The fourth-order valence-electron chi connectivity index (χ4n) is 3.42. The zero-order valence-electron chi connectivity index (χ0n) is 13.3. The lowest BCUT2D eigenvalue weighted by Crippen LogP contribution is -2.49. The number of aromatic nitrogens is 2. The highest BCUT2D eigenvalue weighted by atomic mass is 35.5. The lowest BCUT2D eigenvalue weighted by Gasteiger charge is -2.35. The van der Waals surface area contributed by atoms with E-state index in [9.17, 15) is 4.79 Å². The molecule has 2 aliphatic rings. The summed E-state index contributed by atoms with van der Waals surface area (Å²) in [4.78, 5) is 25.0. The fourth-order valence-corrected chi connectivity index (χ4v) is 3.57. The van der Waals surface area contributed by atoms with E-state index in [2.05, 4.69) is 27.0 Å². The quantitative estimate of drug-likeness (QED) is 0.804. The van der Waals surface area contributed by atoms with Crippen LogP contribution in [-0.4, -0.2) is 47.0 Å². The van der Waals surface area contributed by atoms with Crippen molar-refractivity contribution in [2.24, 2.45) is 5.92 Å². The number of benzene rings is 1. The fraction of sp³-hybridized carbons (Fsp3) is 0.389. The zero-order valence-corrected chi connectivity index (χ0v) is 14.1. The van der Waals surface area contributed by atoms with E-state index in [-0.39, 0.29) is 5.92 Å². The van der Waals surface area contributed by atoms with Crippen LogP contribution in [0.15, 0.2) is 42.7 Å². The number of carbonyl (C=O) groups excluding carboxylic acids is 1. The highest BCUT2D eigenvalue weighted by Gasteiger charge is 2.46. The largest absolute Gasteiger partial charge is 0.353 e. The van der Waals surface area contributed by atoms with E-state index < -0.39 is 0 Å². The molecule has 1 aliphatic heterocycles. The molecule has 0 radical (unpaired) electrons. The maximum Gasteiger partial charge on any atom is 0.226 e. The third-order valence-electron chi connectivity index (χ3n) is 4.87. The number of nitrogens with zero attached hydrogens (tertiary/aromatic N) is 4. The minimum atomic E-state index is 0.160. The maximum absolute atomic E-state index is 12.7. The zero-order chi connectivity index (χ0) is 16.5. The summed E-state index contributed by atoms with van der Waals surface area (Å²) >= 11 is 5.92. The molecule has 1 amide bonds. The lowest BCUT2D eigenvalue weighted by molar-refractivity contribution is -0.133. The van der Waals surface area contributed by atoms with Gasteiger partial charge in [0.25, 0.3) is 0 Å². The lowest BCUT2D eigenvalue weighted by atomic mass is 10.1. The molecule has 2 atom stereocenters. The topological polar surface area (TPSA) is 49.3 Å². The van der Waals surface area contributed by atoms with Gasteiger partial charge in [0, 0.05) is 38.2 Å². The van der Waals surface area contributed by atoms with Gasteiger partial charge in [0.05, 0.1) is 0 Å². The minimum Gasteiger partial charge on any atom is -0.353 e. The van der Waals surface area contributed by atoms with E-state index in [1.807, 2.05) is 23.1 Å². The van der Waals surface area contributed by atoms with Crippen molar-refractivity contribution in [1.82, 2.24) is 14.9 Å². The van der Waals surface area contributed by atoms with Crippen LogP contribution >= 0.6 is 11.6 Å². The van der Waals surface area contributed by atoms with Crippen LogP contribution in [0, 0.1) is 5.92 Å². The molecule has 5 nitrogen and oxygen atoms in total. The first kappa shape index (κ1) is 15.4. The molecule has 1 aromatic carbocycles. The molecule has 0 N–H and O–H groups in total. The van der Waals surface area contributed by atoms with E-state index in [4.69, 9.17) is 11.6 Å². The van der Waals surface area contributed by atoms with Gasteiger partial charge in [-0.3, -0.25) is 4.79 Å². The summed E-state index contributed by atoms with van der Waals surface area (Å²) in [5.74, 6) is 1.68. The van der Waals surface area contributed by atoms with Crippen molar-refractivity contribution in [1.29, 1.82) is 0 Å². The maximum atomic E-state index is 12.7. The molecule has 1 saturated carbocycles. The van der Waals surface area contributed by atoms with Gasteiger partial charge in [-0.05, 0) is 17.9 Å². The summed E-state index contributed by atoms with van der Waals surface area (Å²) in [6, 6.07) is 12.1. The van der Waals surface area contributed by atoms with Crippen molar-refractivity contribution in [3.63, 3.8) is 0 Å². The average molecular weight is 343 g/mol. The van der Waals surface area contributed by atoms with Crippen LogP contribution in [-0.2, 0) is 4.79 Å². The number of rotatable bonds is 3. The normalized spacial score (nSPS) is 23.2. The van der Waals surface area contributed by atoms with E-state index >= 15 is 0 Å². The summed E-state index contributed by atoms with van der Waals surface area (Å²) in [5.41, 5.74) is 1.28. The second kappa shape index (κ2) is 6.40. The van der Waals surface area contributed by atoms with E-state index in [0.29, 0.717) is 17.0 Å². The first-order chi connectivity index (χ1) is 11.7. The number of hydrogen-bond donors (Lipinski definition) is 0. The van der Waals surface area contributed by atoms with Crippen molar-refractivity contribution >= 4 is 23.3 Å². The third-order valence-corrected chi connectivity index (χ3v) is 5.08. The van der Waals surface area contributed by atoms with Crippen molar-refractivity contribution < 1.29 is 4.79 Å². The molecule has 1 saturated heterocycles. The van der Waals surface area contributed by atoms with E-state index in [0.717, 1.165) is 38.4 Å². The van der Waals surface area contributed by atoms with Crippen molar-refractivity contribution in [3.8, 4) is 0 Å². The van der Waals surface area contributed by atoms with Gasteiger partial charge in [-0.2, -0.15) is 0 Å². The van der Waals surface area contributed by atoms with Crippen LogP contribution in [0.25, 0.3) is 0 Å². The highest BCUT2D eigenvalue weighted by Crippen LogP contribution is 2.48. The molecule has 0 unspecified atom stereocenters. The van der Waals surface area contributed by atoms with Crippen LogP contribution in [0.1, 0.15) is 17.9 Å². The Morgan fingerprint density at radius 3 is 2.54 bits per heavy atom. The number of halogens is 1. The molecule has 2 aromatic rings. The Hall–Kier alpha value is -2.14. The molecule has 0 spiro atoms. The first-order valence-corrected chi connectivity index (χ1v) is 8.66. The standard InChI is InChI=1S/C18H19ClN4O/c19-16-11-17(21-12-20-16)22-6-8-23(9-7-22)18(24)15-10-14(15)13-4-2-1-3-5-13/h1-5,11-12,14-15H,6-10H2/t14-,15-/m0/s1. The van der Waals surface area contributed by atoms with Crippen LogP contribution in [0.2, 0.25) is 5.15 Å². The summed E-state index contributed by atoms with van der Waals surface area (Å²) in [5, 5.41) is 0.446. The molecule has 2 heterocycles. The van der Waals surface area contributed by atoms with Gasteiger partial charge in [-0.25, -0.2) is 9.97 Å². The Labute approximate surface area is 146 Å². The Bertz CT molecular complexity index is 731. The van der Waals surface area contributed by atoms with Gasteiger partial charge < -0.3 is 9.80 Å². The van der Waals surface area contributed by atoms with Gasteiger partial charge >= 0.3 is 0 Å². The SMILES string of the molecule is O=C([C@H]1C[C@H]1c1ccccc1)N1CCN(c2cc(Cl)ncn2)CC1. The van der Waals surface area contributed by atoms with Crippen LogP contribution < -0.4 is 4.90 Å². The Balaban J connectivity index is 1.34. The highest BCUT2D eigenvalue weighted by molar-refractivity contribution is 6.29. The molecule has 2 fully saturated rings. The van der Waals surface area contributed by atoms with Crippen molar-refractivity contribution in [2.75, 3.05) is 31.1 Å². The molecule has 0 bridgehead atoms. The van der Waals surface area contributed by atoms with Crippen LogP contribution in [0.4, 0.5) is 5.82 Å². The number of amides is 1. The second-order valence-corrected chi connectivity index (χ2v) is 6.76. The molecule has 24 heavy (non-hydrogen) atoms. The Morgan fingerprint density at radius 2 is 1.83 bits per heavy atom. The van der Waals surface area contributed by atoms with E-state index in [1.165, 1.54) is 11.9 Å². The van der Waals surface area contributed by atoms with Gasteiger partial charge in [0.2, 0.25) is 5.91 Å². The molecule has 1 aliphatic carbocycles.